The average Bonchev–Trinajstić information content (AvgIpc) is 2.85. The Labute approximate surface area is 155 Å². The number of hydroxylamine groups is 2. The lowest BCUT2D eigenvalue weighted by atomic mass is 10.00. The molecule has 2 heterocycles. The highest BCUT2D eigenvalue weighted by atomic mass is 32.3. The van der Waals surface area contributed by atoms with Crippen LogP contribution >= 0.6 is 0 Å². The first kappa shape index (κ1) is 17.7. The van der Waals surface area contributed by atoms with E-state index in [1.165, 1.54) is 4.90 Å². The Bertz CT molecular complexity index is 1020. The second kappa shape index (κ2) is 6.48. The fourth-order valence-electron chi connectivity index (χ4n) is 3.60. The summed E-state index contributed by atoms with van der Waals surface area (Å²) in [6, 6.07) is 11.2. The zero-order valence-electron chi connectivity index (χ0n) is 14.1. The van der Waals surface area contributed by atoms with E-state index < -0.39 is 28.5 Å². The lowest BCUT2D eigenvalue weighted by Crippen LogP contribution is -2.47. The molecule has 0 spiro atoms. The van der Waals surface area contributed by atoms with Crippen molar-refractivity contribution in [3.05, 3.63) is 42.5 Å². The molecule has 27 heavy (non-hydrogen) atoms. The predicted molar refractivity (Wildman–Crippen MR) is 96.0 cm³/mol. The first-order valence-electron chi connectivity index (χ1n) is 8.38. The van der Waals surface area contributed by atoms with Crippen molar-refractivity contribution in [2.24, 2.45) is 0 Å². The molecule has 0 aliphatic carbocycles. The van der Waals surface area contributed by atoms with Gasteiger partial charge in [-0.25, -0.2) is 4.79 Å². The lowest BCUT2D eigenvalue weighted by molar-refractivity contribution is -0.120. The van der Waals surface area contributed by atoms with Crippen molar-refractivity contribution in [2.45, 2.75) is 24.9 Å². The van der Waals surface area contributed by atoms with E-state index in [-0.39, 0.29) is 12.5 Å². The third kappa shape index (κ3) is 3.46. The van der Waals surface area contributed by atoms with Crippen LogP contribution in [0.2, 0.25) is 0 Å². The second-order valence-corrected chi connectivity index (χ2v) is 7.57. The molecule has 2 fully saturated rings. The summed E-state index contributed by atoms with van der Waals surface area (Å²) in [7, 11) is -4.81. The van der Waals surface area contributed by atoms with E-state index in [4.69, 9.17) is 4.55 Å². The number of nitrogens with one attached hydrogen (secondary N) is 1. The van der Waals surface area contributed by atoms with Crippen LogP contribution in [0.5, 0.6) is 0 Å². The van der Waals surface area contributed by atoms with Crippen molar-refractivity contribution in [1.29, 1.82) is 0 Å². The Hall–Kier alpha value is -2.69. The molecule has 2 atom stereocenters. The van der Waals surface area contributed by atoms with Gasteiger partial charge in [-0.05, 0) is 35.7 Å². The predicted octanol–water partition coefficient (Wildman–Crippen LogP) is 1.78. The van der Waals surface area contributed by atoms with Crippen LogP contribution in [-0.4, -0.2) is 53.5 Å². The first-order chi connectivity index (χ1) is 12.8. The summed E-state index contributed by atoms with van der Waals surface area (Å²) < 4.78 is 35.0. The number of fused-ring (bicyclic) bond motifs is 3. The van der Waals surface area contributed by atoms with Gasteiger partial charge in [-0.2, -0.15) is 13.5 Å². The van der Waals surface area contributed by atoms with E-state index in [0.717, 1.165) is 10.8 Å². The SMILES string of the molecule is O=C(Nc1ccc2ccccc2c1)[C@@H]1CC[C@@H]2CN1C(=O)N2OS(=O)(=O)O. The monoisotopic (exact) mass is 391 g/mol. The number of anilines is 1. The molecule has 2 aliphatic rings. The van der Waals surface area contributed by atoms with Crippen LogP contribution in [0.15, 0.2) is 42.5 Å². The molecule has 0 unspecified atom stereocenters. The average molecular weight is 391 g/mol. The van der Waals surface area contributed by atoms with Crippen LogP contribution in [0.1, 0.15) is 12.8 Å². The van der Waals surface area contributed by atoms with Gasteiger partial charge in [0.2, 0.25) is 5.91 Å². The van der Waals surface area contributed by atoms with Gasteiger partial charge >= 0.3 is 16.4 Å². The van der Waals surface area contributed by atoms with Gasteiger partial charge in [0.05, 0.1) is 6.04 Å². The van der Waals surface area contributed by atoms with Crippen LogP contribution in [0.3, 0.4) is 0 Å². The number of urea groups is 1. The fourth-order valence-corrected chi connectivity index (χ4v) is 3.99. The first-order valence-corrected chi connectivity index (χ1v) is 9.75. The molecule has 10 heteroatoms. The maximum Gasteiger partial charge on any atom is 0.418 e. The van der Waals surface area contributed by atoms with Crippen molar-refractivity contribution in [3.63, 3.8) is 0 Å². The molecule has 0 saturated carbocycles. The zero-order chi connectivity index (χ0) is 19.2. The number of hydrogen-bond acceptors (Lipinski definition) is 5. The van der Waals surface area contributed by atoms with Crippen LogP contribution in [-0.2, 0) is 19.5 Å². The van der Waals surface area contributed by atoms with Crippen molar-refractivity contribution in [3.8, 4) is 0 Å². The molecule has 142 valence electrons. The Morgan fingerprint density at radius 2 is 1.89 bits per heavy atom. The van der Waals surface area contributed by atoms with Crippen molar-refractivity contribution in [1.82, 2.24) is 9.96 Å². The molecule has 2 bridgehead atoms. The van der Waals surface area contributed by atoms with Crippen molar-refractivity contribution in [2.75, 3.05) is 11.9 Å². The highest BCUT2D eigenvalue weighted by molar-refractivity contribution is 7.80. The standard InChI is InChI=1S/C17H17N3O6S/c21-16(18-13-6-5-11-3-1-2-4-12(11)9-13)15-8-7-14-10-19(15)17(22)20(14)26-27(23,24)25/h1-6,9,14-15H,7-8,10H2,(H,18,21)(H,23,24,25)/t14-,15+/m1/s1. The van der Waals surface area contributed by atoms with E-state index in [9.17, 15) is 18.0 Å². The number of piperidine rings is 1. The van der Waals surface area contributed by atoms with Gasteiger partial charge < -0.3 is 10.2 Å². The number of carbonyl (C=O) groups excluding carboxylic acids is 2. The number of nitrogens with zero attached hydrogens (tertiary/aromatic N) is 2. The Morgan fingerprint density at radius 3 is 2.63 bits per heavy atom. The topological polar surface area (TPSA) is 116 Å². The maximum atomic E-state index is 12.7. The Balaban J connectivity index is 1.50. The quantitative estimate of drug-likeness (QED) is 0.768. The molecule has 3 amide bonds. The normalized spacial score (nSPS) is 22.3. The molecule has 9 nitrogen and oxygen atoms in total. The molecule has 0 radical (unpaired) electrons. The minimum Gasteiger partial charge on any atom is -0.324 e. The maximum absolute atomic E-state index is 12.7. The molecular formula is C17H17N3O6S. The zero-order valence-corrected chi connectivity index (χ0v) is 14.9. The van der Waals surface area contributed by atoms with Gasteiger partial charge in [0.25, 0.3) is 0 Å². The Kier molecular flexibility index (Phi) is 4.25. The van der Waals surface area contributed by atoms with Gasteiger partial charge in [-0.15, -0.1) is 4.28 Å². The van der Waals surface area contributed by atoms with Gasteiger partial charge in [-0.3, -0.25) is 9.35 Å². The molecular weight excluding hydrogens is 374 g/mol. The lowest BCUT2D eigenvalue weighted by Gasteiger charge is -2.29. The third-order valence-corrected chi connectivity index (χ3v) is 5.17. The summed E-state index contributed by atoms with van der Waals surface area (Å²) in [4.78, 5) is 26.3. The minimum atomic E-state index is -4.81. The van der Waals surface area contributed by atoms with E-state index in [2.05, 4.69) is 9.60 Å². The van der Waals surface area contributed by atoms with Crippen molar-refractivity contribution < 1.29 is 26.8 Å². The van der Waals surface area contributed by atoms with Crippen LogP contribution in [0.4, 0.5) is 10.5 Å². The number of amides is 3. The molecule has 2 aromatic rings. The smallest absolute Gasteiger partial charge is 0.324 e. The molecule has 2 saturated heterocycles. The summed E-state index contributed by atoms with van der Waals surface area (Å²) in [6.07, 6.45) is 0.745. The summed E-state index contributed by atoms with van der Waals surface area (Å²) in [5.74, 6) is -0.356. The highest BCUT2D eigenvalue weighted by Crippen LogP contribution is 2.31. The van der Waals surface area contributed by atoms with E-state index in [1.807, 2.05) is 36.4 Å². The van der Waals surface area contributed by atoms with E-state index in [0.29, 0.717) is 23.6 Å². The van der Waals surface area contributed by atoms with Gasteiger partial charge in [0.15, 0.2) is 0 Å². The molecule has 4 rings (SSSR count). The summed E-state index contributed by atoms with van der Waals surface area (Å²) in [6.45, 7) is 0.157. The summed E-state index contributed by atoms with van der Waals surface area (Å²) >= 11 is 0. The Morgan fingerprint density at radius 1 is 1.15 bits per heavy atom. The van der Waals surface area contributed by atoms with E-state index in [1.54, 1.807) is 6.07 Å². The number of benzene rings is 2. The van der Waals surface area contributed by atoms with Crippen LogP contribution in [0, 0.1) is 0 Å². The summed E-state index contributed by atoms with van der Waals surface area (Å²) in [5, 5.41) is 5.46. The molecule has 2 aromatic carbocycles. The van der Waals surface area contributed by atoms with Crippen LogP contribution in [0.25, 0.3) is 10.8 Å². The van der Waals surface area contributed by atoms with Gasteiger partial charge in [-0.1, -0.05) is 30.3 Å². The second-order valence-electron chi connectivity index (χ2n) is 6.56. The van der Waals surface area contributed by atoms with Gasteiger partial charge in [0.1, 0.15) is 6.04 Å². The minimum absolute atomic E-state index is 0.157. The molecule has 2 N–H and O–H groups in total. The fraction of sp³-hybridized carbons (Fsp3) is 0.294. The van der Waals surface area contributed by atoms with Crippen LogP contribution < -0.4 is 5.32 Å². The highest BCUT2D eigenvalue weighted by Gasteiger charge is 2.49. The molecule has 2 aliphatic heterocycles. The van der Waals surface area contributed by atoms with Gasteiger partial charge in [0, 0.05) is 12.2 Å². The number of rotatable bonds is 4. The van der Waals surface area contributed by atoms with E-state index >= 15 is 0 Å². The summed E-state index contributed by atoms with van der Waals surface area (Å²) in [5.41, 5.74) is 0.610. The number of hydrogen-bond donors (Lipinski definition) is 2. The van der Waals surface area contributed by atoms with Crippen molar-refractivity contribution >= 4 is 38.8 Å². The number of carbonyl (C=O) groups is 2. The largest absolute Gasteiger partial charge is 0.418 e. The molecule has 0 aromatic heterocycles. The third-order valence-electron chi connectivity index (χ3n) is 4.82.